The molecule has 0 atom stereocenters. The molecule has 36 heavy (non-hydrogen) atoms. The van der Waals surface area contributed by atoms with Crippen molar-refractivity contribution in [3.8, 4) is 11.3 Å². The standard InChI is InChI=1S/C23H16F6N6O/c24-22(25,26)13-6-7-16(17(8-13)23(27,28)29)18-9-15(36-34-18)11-35-12-20-19(10-30-35)32-21(33-20)31-14-4-2-1-3-5-14/h1-10H,11-12H2,(H2,31,32,33). The van der Waals surface area contributed by atoms with Crippen molar-refractivity contribution in [1.29, 1.82) is 0 Å². The van der Waals surface area contributed by atoms with Gasteiger partial charge in [0, 0.05) is 17.3 Å². The summed E-state index contributed by atoms with van der Waals surface area (Å²) >= 11 is 0. The summed E-state index contributed by atoms with van der Waals surface area (Å²) in [4.78, 5) is 7.60. The Morgan fingerprint density at radius 1 is 0.972 bits per heavy atom. The summed E-state index contributed by atoms with van der Waals surface area (Å²) < 4.78 is 84.5. The van der Waals surface area contributed by atoms with Gasteiger partial charge in [0.25, 0.3) is 0 Å². The van der Waals surface area contributed by atoms with Crippen molar-refractivity contribution in [2.75, 3.05) is 5.32 Å². The predicted molar refractivity (Wildman–Crippen MR) is 117 cm³/mol. The molecule has 0 aliphatic carbocycles. The highest BCUT2D eigenvalue weighted by Crippen LogP contribution is 2.40. The van der Waals surface area contributed by atoms with E-state index in [-0.39, 0.29) is 30.6 Å². The zero-order chi connectivity index (χ0) is 25.5. The van der Waals surface area contributed by atoms with Gasteiger partial charge < -0.3 is 14.8 Å². The van der Waals surface area contributed by atoms with Crippen LogP contribution in [0.5, 0.6) is 0 Å². The van der Waals surface area contributed by atoms with Crippen molar-refractivity contribution >= 4 is 17.9 Å². The van der Waals surface area contributed by atoms with Gasteiger partial charge in [-0.15, -0.1) is 0 Å². The minimum absolute atomic E-state index is 0.0548. The Balaban J connectivity index is 1.32. The van der Waals surface area contributed by atoms with Crippen molar-refractivity contribution < 1.29 is 30.9 Å². The van der Waals surface area contributed by atoms with E-state index in [4.69, 9.17) is 4.52 Å². The van der Waals surface area contributed by atoms with Crippen LogP contribution in [0, 0.1) is 0 Å². The zero-order valence-corrected chi connectivity index (χ0v) is 18.2. The number of para-hydroxylation sites is 1. The number of hydrogen-bond donors (Lipinski definition) is 2. The number of nitrogens with zero attached hydrogens (tertiary/aromatic N) is 4. The number of imidazole rings is 1. The van der Waals surface area contributed by atoms with Gasteiger partial charge in [0.15, 0.2) is 5.76 Å². The number of alkyl halides is 6. The van der Waals surface area contributed by atoms with Gasteiger partial charge in [0.2, 0.25) is 5.95 Å². The van der Waals surface area contributed by atoms with Gasteiger partial charge in [-0.1, -0.05) is 29.4 Å². The molecule has 1 aliphatic rings. The fraction of sp³-hybridized carbons (Fsp3) is 0.174. The molecule has 0 saturated heterocycles. The summed E-state index contributed by atoms with van der Waals surface area (Å²) in [6.07, 6.45) is -8.38. The van der Waals surface area contributed by atoms with Crippen molar-refractivity contribution in [1.82, 2.24) is 20.1 Å². The maximum atomic E-state index is 13.5. The predicted octanol–water partition coefficient (Wildman–Crippen LogP) is 6.20. The summed E-state index contributed by atoms with van der Waals surface area (Å²) in [5, 5.41) is 12.6. The number of aromatic amines is 1. The van der Waals surface area contributed by atoms with Crippen LogP contribution in [0.4, 0.5) is 38.0 Å². The number of nitrogens with one attached hydrogen (secondary N) is 2. The number of fused-ring (bicyclic) bond motifs is 1. The number of hydrazone groups is 1. The van der Waals surface area contributed by atoms with Gasteiger partial charge in [-0.2, -0.15) is 31.4 Å². The molecule has 0 spiro atoms. The first-order chi connectivity index (χ1) is 17.1. The minimum Gasteiger partial charge on any atom is -0.359 e. The Labute approximate surface area is 199 Å². The van der Waals surface area contributed by atoms with Crippen molar-refractivity contribution in [2.24, 2.45) is 5.10 Å². The Morgan fingerprint density at radius 3 is 2.47 bits per heavy atom. The Morgan fingerprint density at radius 2 is 1.75 bits per heavy atom. The molecule has 0 bridgehead atoms. The number of aromatic nitrogens is 3. The molecular formula is C23H16F6N6O. The number of rotatable bonds is 5. The van der Waals surface area contributed by atoms with E-state index >= 15 is 0 Å². The van der Waals surface area contributed by atoms with E-state index in [0.717, 1.165) is 11.8 Å². The number of H-pyrrole nitrogens is 1. The highest BCUT2D eigenvalue weighted by atomic mass is 19.4. The molecule has 186 valence electrons. The van der Waals surface area contributed by atoms with E-state index in [1.807, 2.05) is 30.3 Å². The molecule has 0 unspecified atom stereocenters. The van der Waals surface area contributed by atoms with Crippen LogP contribution in [0.25, 0.3) is 11.3 Å². The van der Waals surface area contributed by atoms with E-state index in [2.05, 4.69) is 25.5 Å². The molecule has 2 N–H and O–H groups in total. The Kier molecular flexibility index (Phi) is 5.69. The number of hydrogen-bond acceptors (Lipinski definition) is 6. The first kappa shape index (κ1) is 23.5. The molecule has 0 amide bonds. The van der Waals surface area contributed by atoms with E-state index in [0.29, 0.717) is 23.4 Å². The number of anilines is 2. The maximum Gasteiger partial charge on any atom is 0.417 e. The van der Waals surface area contributed by atoms with Crippen molar-refractivity contribution in [3.63, 3.8) is 0 Å². The highest BCUT2D eigenvalue weighted by molar-refractivity contribution is 5.80. The van der Waals surface area contributed by atoms with Crippen LogP contribution in [0.1, 0.15) is 28.3 Å². The summed E-state index contributed by atoms with van der Waals surface area (Å²) in [5.41, 5.74) is -1.38. The average molecular weight is 506 g/mol. The lowest BCUT2D eigenvalue weighted by molar-refractivity contribution is -0.142. The zero-order valence-electron chi connectivity index (χ0n) is 18.2. The lowest BCUT2D eigenvalue weighted by Crippen LogP contribution is -2.21. The largest absolute Gasteiger partial charge is 0.417 e. The third kappa shape index (κ3) is 4.90. The molecule has 7 nitrogen and oxygen atoms in total. The van der Waals surface area contributed by atoms with Crippen LogP contribution in [-0.2, 0) is 25.4 Å². The molecule has 13 heteroatoms. The molecule has 4 aromatic rings. The van der Waals surface area contributed by atoms with Gasteiger partial charge in [0.1, 0.15) is 5.69 Å². The van der Waals surface area contributed by atoms with Crippen molar-refractivity contribution in [2.45, 2.75) is 25.4 Å². The van der Waals surface area contributed by atoms with E-state index in [9.17, 15) is 26.3 Å². The second-order valence-corrected chi connectivity index (χ2v) is 7.94. The summed E-state index contributed by atoms with van der Waals surface area (Å²) in [6.45, 7) is 0.335. The topological polar surface area (TPSA) is 82.3 Å². The Hall–Kier alpha value is -4.29. The minimum atomic E-state index is -5.02. The maximum absolute atomic E-state index is 13.5. The Bertz CT molecular complexity index is 1410. The van der Waals surface area contributed by atoms with Gasteiger partial charge in [0.05, 0.1) is 41.8 Å². The van der Waals surface area contributed by atoms with E-state index in [1.54, 1.807) is 11.2 Å². The SMILES string of the molecule is FC(F)(F)c1ccc(-c2cc(CN3Cc4nc(Nc5ccccc5)[nH]c4C=N3)on2)c(C(F)(F)F)c1. The van der Waals surface area contributed by atoms with Crippen molar-refractivity contribution in [3.05, 3.63) is 82.9 Å². The lowest BCUT2D eigenvalue weighted by atomic mass is 10.0. The molecule has 0 fully saturated rings. The second kappa shape index (κ2) is 8.73. The monoisotopic (exact) mass is 506 g/mol. The third-order valence-corrected chi connectivity index (χ3v) is 5.36. The molecule has 2 aromatic heterocycles. The third-order valence-electron chi connectivity index (χ3n) is 5.36. The van der Waals surface area contributed by atoms with Crippen LogP contribution in [-0.4, -0.2) is 26.3 Å². The molecule has 1 aliphatic heterocycles. The molecule has 5 rings (SSSR count). The van der Waals surface area contributed by atoms with Crippen LogP contribution in [0.15, 0.2) is 64.2 Å². The summed E-state index contributed by atoms with van der Waals surface area (Å²) in [5.74, 6) is 0.695. The molecule has 3 heterocycles. The van der Waals surface area contributed by atoms with Gasteiger partial charge >= 0.3 is 12.4 Å². The van der Waals surface area contributed by atoms with Crippen LogP contribution >= 0.6 is 0 Å². The number of benzene rings is 2. The van der Waals surface area contributed by atoms with E-state index in [1.165, 1.54) is 6.07 Å². The van der Waals surface area contributed by atoms with Crippen LogP contribution < -0.4 is 5.32 Å². The number of halogens is 6. The summed E-state index contributed by atoms with van der Waals surface area (Å²) in [7, 11) is 0. The second-order valence-electron chi connectivity index (χ2n) is 7.94. The highest BCUT2D eigenvalue weighted by Gasteiger charge is 2.39. The molecular weight excluding hydrogens is 490 g/mol. The molecule has 0 saturated carbocycles. The van der Waals surface area contributed by atoms with Gasteiger partial charge in [-0.25, -0.2) is 4.98 Å². The van der Waals surface area contributed by atoms with Gasteiger partial charge in [-0.3, -0.25) is 5.01 Å². The molecule has 0 radical (unpaired) electrons. The first-order valence-electron chi connectivity index (χ1n) is 10.5. The van der Waals surface area contributed by atoms with Crippen LogP contribution in [0.3, 0.4) is 0 Å². The quantitative estimate of drug-likeness (QED) is 0.315. The van der Waals surface area contributed by atoms with Gasteiger partial charge in [-0.05, 0) is 24.3 Å². The fourth-order valence-electron chi connectivity index (χ4n) is 3.69. The lowest BCUT2D eigenvalue weighted by Gasteiger charge is -2.19. The molecule has 2 aromatic carbocycles. The fourth-order valence-corrected chi connectivity index (χ4v) is 3.69. The van der Waals surface area contributed by atoms with E-state index < -0.39 is 29.0 Å². The first-order valence-corrected chi connectivity index (χ1v) is 10.5. The summed E-state index contributed by atoms with van der Waals surface area (Å²) in [6, 6.07) is 12.0. The smallest absolute Gasteiger partial charge is 0.359 e. The average Bonchev–Trinajstić information content (AvgIpc) is 3.44. The normalized spacial score (nSPS) is 13.7. The van der Waals surface area contributed by atoms with Crippen LogP contribution in [0.2, 0.25) is 0 Å².